The van der Waals surface area contributed by atoms with Crippen LogP contribution in [0.4, 0.5) is 5.69 Å². The van der Waals surface area contributed by atoms with Gasteiger partial charge < -0.3 is 4.74 Å². The molecule has 210 valence electrons. The number of sulfonamides is 1. The second-order valence-corrected chi connectivity index (χ2v) is 11.5. The van der Waals surface area contributed by atoms with E-state index in [1.807, 2.05) is 17.5 Å². The highest BCUT2D eigenvalue weighted by atomic mass is 32.2. The number of carbonyl (C=O) groups excluding carboxylic acids is 1. The number of esters is 1. The molecule has 6 aromatic rings. The van der Waals surface area contributed by atoms with Gasteiger partial charge >= 0.3 is 5.97 Å². The number of fused-ring (bicyclic) bond motifs is 2. The van der Waals surface area contributed by atoms with Gasteiger partial charge in [-0.25, -0.2) is 27.7 Å². The van der Waals surface area contributed by atoms with Gasteiger partial charge in [0, 0.05) is 17.0 Å². The minimum atomic E-state index is -3.97. The number of nitro groups is 1. The molecule has 0 saturated carbocycles. The molecule has 0 aliphatic rings. The Labute approximate surface area is 240 Å². The lowest BCUT2D eigenvalue weighted by Gasteiger charge is -2.11. The van der Waals surface area contributed by atoms with Crippen LogP contribution < -0.4 is 10.7 Å². The van der Waals surface area contributed by atoms with E-state index in [0.717, 1.165) is 22.0 Å². The molecule has 0 aliphatic carbocycles. The third kappa shape index (κ3) is 4.50. The number of nitrogens with zero attached hydrogens (tertiary/aromatic N) is 5. The summed E-state index contributed by atoms with van der Waals surface area (Å²) in [4.78, 5) is 43.2. The van der Waals surface area contributed by atoms with Crippen LogP contribution in [0.2, 0.25) is 0 Å². The van der Waals surface area contributed by atoms with Crippen LogP contribution in [0.3, 0.4) is 0 Å². The summed E-state index contributed by atoms with van der Waals surface area (Å²) in [7, 11) is -2.83. The monoisotopic (exact) mass is 602 g/mol. The first-order valence-corrected chi connectivity index (χ1v) is 14.5. The number of primary sulfonamides is 1. The van der Waals surface area contributed by atoms with Crippen molar-refractivity contribution >= 4 is 49.7 Å². The fraction of sp³-hybridized carbons (Fsp3) is 0.0370. The van der Waals surface area contributed by atoms with Gasteiger partial charge in [0.25, 0.3) is 11.2 Å². The Morgan fingerprint density at radius 2 is 1.76 bits per heavy atom. The van der Waals surface area contributed by atoms with Crippen molar-refractivity contribution < 1.29 is 22.9 Å². The zero-order valence-electron chi connectivity index (χ0n) is 21.5. The number of nitro benzene ring substituents is 1. The van der Waals surface area contributed by atoms with Crippen molar-refractivity contribution in [2.45, 2.75) is 4.90 Å². The van der Waals surface area contributed by atoms with Crippen molar-refractivity contribution in [1.82, 2.24) is 19.2 Å². The van der Waals surface area contributed by atoms with Crippen LogP contribution >= 0.6 is 11.3 Å². The Morgan fingerprint density at radius 1 is 1.05 bits per heavy atom. The fourth-order valence-electron chi connectivity index (χ4n) is 4.57. The number of methoxy groups -OCH3 is 1. The standard InChI is InChI=1S/C27H18N6O7S2/c1-40-26(35)24-30-32(17-8-10-19(11-9-17)42(28,38)39)27-29-21-14-16(22-3-2-12-41-22)13-20(23(21)25(34)31(24)27)15-4-6-18(7-5-15)33(36)37/h2-14H,1H3,(H2,28,38,39). The van der Waals surface area contributed by atoms with E-state index in [9.17, 15) is 28.1 Å². The molecule has 3 aromatic carbocycles. The number of hydrogen-bond donors (Lipinski definition) is 1. The Balaban J connectivity index is 1.70. The van der Waals surface area contributed by atoms with Crippen molar-refractivity contribution in [3.05, 3.63) is 104 Å². The van der Waals surface area contributed by atoms with Crippen LogP contribution in [0.25, 0.3) is 43.9 Å². The Kier molecular flexibility index (Phi) is 6.41. The number of thiophene rings is 1. The highest BCUT2D eigenvalue weighted by Gasteiger charge is 2.25. The first-order valence-electron chi connectivity index (χ1n) is 12.1. The molecule has 3 aromatic heterocycles. The van der Waals surface area contributed by atoms with E-state index in [2.05, 4.69) is 5.10 Å². The summed E-state index contributed by atoms with van der Waals surface area (Å²) < 4.78 is 30.6. The zero-order valence-corrected chi connectivity index (χ0v) is 23.1. The van der Waals surface area contributed by atoms with Crippen LogP contribution in [0.15, 0.2) is 87.9 Å². The number of rotatable bonds is 6. The molecule has 2 N–H and O–H groups in total. The van der Waals surface area contributed by atoms with Gasteiger partial charge in [0.2, 0.25) is 21.6 Å². The van der Waals surface area contributed by atoms with E-state index in [-0.39, 0.29) is 33.1 Å². The number of aromatic nitrogens is 4. The van der Waals surface area contributed by atoms with Crippen LogP contribution in [0.5, 0.6) is 0 Å². The lowest BCUT2D eigenvalue weighted by molar-refractivity contribution is -0.384. The van der Waals surface area contributed by atoms with Crippen molar-refractivity contribution in [1.29, 1.82) is 0 Å². The van der Waals surface area contributed by atoms with E-state index in [1.165, 1.54) is 64.5 Å². The van der Waals surface area contributed by atoms with Crippen molar-refractivity contribution in [2.75, 3.05) is 7.11 Å². The highest BCUT2D eigenvalue weighted by molar-refractivity contribution is 7.89. The fourth-order valence-corrected chi connectivity index (χ4v) is 5.80. The number of hydrogen-bond acceptors (Lipinski definition) is 10. The largest absolute Gasteiger partial charge is 0.463 e. The number of carbonyl (C=O) groups is 1. The average molecular weight is 603 g/mol. The summed E-state index contributed by atoms with van der Waals surface area (Å²) >= 11 is 1.48. The van der Waals surface area contributed by atoms with Crippen molar-refractivity contribution in [3.8, 4) is 27.3 Å². The Bertz CT molecular complexity index is 2200. The Morgan fingerprint density at radius 3 is 2.36 bits per heavy atom. The molecule has 13 nitrogen and oxygen atoms in total. The molecular weight excluding hydrogens is 584 g/mol. The van der Waals surface area contributed by atoms with E-state index in [0.29, 0.717) is 16.8 Å². The second kappa shape index (κ2) is 9.99. The third-order valence-corrected chi connectivity index (χ3v) is 8.37. The first kappa shape index (κ1) is 26.9. The predicted molar refractivity (Wildman–Crippen MR) is 154 cm³/mol. The molecule has 0 unspecified atom stereocenters. The molecular formula is C27H18N6O7S2. The van der Waals surface area contributed by atoms with Crippen molar-refractivity contribution in [3.63, 3.8) is 0 Å². The van der Waals surface area contributed by atoms with Gasteiger partial charge in [-0.3, -0.25) is 14.9 Å². The van der Waals surface area contributed by atoms with Gasteiger partial charge in [-0.15, -0.1) is 16.4 Å². The molecule has 0 atom stereocenters. The quantitative estimate of drug-likeness (QED) is 0.168. The van der Waals surface area contributed by atoms with Gasteiger partial charge in [-0.05, 0) is 76.7 Å². The normalized spacial score (nSPS) is 11.7. The molecule has 3 heterocycles. The second-order valence-electron chi connectivity index (χ2n) is 9.02. The van der Waals surface area contributed by atoms with Gasteiger partial charge in [0.15, 0.2) is 0 Å². The first-order chi connectivity index (χ1) is 20.1. The SMILES string of the molecule is COC(=O)c1nn(-c2ccc(S(N)(=O)=O)cc2)c2nc3cc(-c4cccs4)cc(-c4ccc([N+](=O)[O-])cc4)c3c(=O)n12. The summed E-state index contributed by atoms with van der Waals surface area (Å²) in [6.07, 6.45) is 0. The highest BCUT2D eigenvalue weighted by Crippen LogP contribution is 2.35. The lowest BCUT2D eigenvalue weighted by atomic mass is 9.97. The molecule has 0 radical (unpaired) electrons. The van der Waals surface area contributed by atoms with Crippen LogP contribution in [-0.2, 0) is 14.8 Å². The maximum atomic E-state index is 14.2. The summed E-state index contributed by atoms with van der Waals surface area (Å²) in [5.41, 5.74) is 1.54. The molecule has 0 spiro atoms. The molecule has 0 amide bonds. The molecule has 0 fully saturated rings. The van der Waals surface area contributed by atoms with E-state index in [4.69, 9.17) is 14.9 Å². The lowest BCUT2D eigenvalue weighted by Crippen LogP contribution is -2.20. The maximum Gasteiger partial charge on any atom is 0.376 e. The van der Waals surface area contributed by atoms with Crippen LogP contribution in [0, 0.1) is 10.1 Å². The number of nitrogens with two attached hydrogens (primary N) is 1. The van der Waals surface area contributed by atoms with E-state index in [1.54, 1.807) is 12.1 Å². The van der Waals surface area contributed by atoms with E-state index >= 15 is 0 Å². The number of ether oxygens (including phenoxy) is 1. The predicted octanol–water partition coefficient (Wildman–Crippen LogP) is 3.77. The van der Waals surface area contributed by atoms with Gasteiger partial charge in [-0.2, -0.15) is 4.68 Å². The summed E-state index contributed by atoms with van der Waals surface area (Å²) in [5, 5.41) is 22.8. The molecule has 42 heavy (non-hydrogen) atoms. The van der Waals surface area contributed by atoms with Crippen molar-refractivity contribution in [2.24, 2.45) is 5.14 Å². The maximum absolute atomic E-state index is 14.2. The smallest absolute Gasteiger partial charge is 0.376 e. The Hall–Kier alpha value is -5.25. The summed E-state index contributed by atoms with van der Waals surface area (Å²) in [6.45, 7) is 0. The van der Waals surface area contributed by atoms with Gasteiger partial charge in [0.1, 0.15) is 0 Å². The van der Waals surface area contributed by atoms with E-state index < -0.39 is 26.5 Å². The van der Waals surface area contributed by atoms with Gasteiger partial charge in [-0.1, -0.05) is 6.07 Å². The third-order valence-electron chi connectivity index (χ3n) is 6.52. The minimum Gasteiger partial charge on any atom is -0.463 e. The summed E-state index contributed by atoms with van der Waals surface area (Å²) in [5.74, 6) is -1.30. The van der Waals surface area contributed by atoms with Gasteiger partial charge in [0.05, 0.1) is 33.5 Å². The molecule has 0 bridgehead atoms. The molecule has 15 heteroatoms. The zero-order chi connectivity index (χ0) is 29.8. The number of non-ortho nitro benzene ring substituents is 1. The molecule has 0 saturated heterocycles. The summed E-state index contributed by atoms with van der Waals surface area (Å²) in [6, 6.07) is 18.4. The average Bonchev–Trinajstić information content (AvgIpc) is 3.65. The minimum absolute atomic E-state index is 0.0331. The van der Waals surface area contributed by atoms with Crippen LogP contribution in [0.1, 0.15) is 10.6 Å². The molecule has 6 rings (SSSR count). The topological polar surface area (TPSA) is 182 Å². The van der Waals surface area contributed by atoms with Crippen LogP contribution in [-0.4, -0.2) is 45.6 Å². The molecule has 0 aliphatic heterocycles. The number of benzene rings is 3.